The maximum Gasteiger partial charge on any atom is 0.233 e. The Morgan fingerprint density at radius 2 is 1.91 bits per heavy atom. The number of carbonyl (C=O) groups excluding carboxylic acids is 1. The molecule has 3 N–H and O–H groups in total. The number of carbonyl (C=O) groups is 1. The number of nitrogens with zero attached hydrogens (tertiary/aromatic N) is 1. The SMILES string of the molecule is N[C@H]1CCCN(C(=O)C(c2ccc(OCc3ccccc3)c(Cl)c2)C2(O)CCCCC2)C1. The van der Waals surface area contributed by atoms with Crippen LogP contribution in [0.25, 0.3) is 0 Å². The number of ether oxygens (including phenoxy) is 1. The Balaban J connectivity index is 1.58. The summed E-state index contributed by atoms with van der Waals surface area (Å²) in [6.45, 7) is 1.64. The molecule has 0 spiro atoms. The zero-order valence-electron chi connectivity index (χ0n) is 18.5. The van der Waals surface area contributed by atoms with E-state index in [1.54, 1.807) is 6.07 Å². The molecule has 6 heteroatoms. The van der Waals surface area contributed by atoms with Crippen LogP contribution in [-0.2, 0) is 11.4 Å². The maximum absolute atomic E-state index is 13.7. The van der Waals surface area contributed by atoms with Crippen LogP contribution in [0.3, 0.4) is 0 Å². The van der Waals surface area contributed by atoms with Crippen LogP contribution in [0.1, 0.15) is 62.0 Å². The third-order valence-electron chi connectivity index (χ3n) is 6.80. The minimum atomic E-state index is -1.06. The van der Waals surface area contributed by atoms with E-state index in [1.165, 1.54) is 0 Å². The predicted molar refractivity (Wildman–Crippen MR) is 127 cm³/mol. The molecule has 0 aromatic heterocycles. The standard InChI is InChI=1S/C26H33ClN2O3/c27-22-16-20(11-12-23(22)32-18-19-8-3-1-4-9-19)24(26(31)13-5-2-6-14-26)25(30)29-15-7-10-21(28)17-29/h1,3-4,8-9,11-12,16,21,24,31H,2,5-7,10,13-15,17-18,28H2/t21-,24?/m0/s1. The fraction of sp³-hybridized carbons (Fsp3) is 0.500. The highest BCUT2D eigenvalue weighted by Crippen LogP contribution is 2.43. The number of likely N-dealkylation sites (tertiary alicyclic amines) is 1. The summed E-state index contributed by atoms with van der Waals surface area (Å²) in [5, 5.41) is 12.1. The average Bonchev–Trinajstić information content (AvgIpc) is 2.79. The Kier molecular flexibility index (Phi) is 7.39. The van der Waals surface area contributed by atoms with Crippen LogP contribution in [0, 0.1) is 0 Å². The van der Waals surface area contributed by atoms with Crippen LogP contribution >= 0.6 is 11.6 Å². The summed E-state index contributed by atoms with van der Waals surface area (Å²) in [4.78, 5) is 15.5. The molecule has 2 atom stereocenters. The van der Waals surface area contributed by atoms with Gasteiger partial charge in [-0.1, -0.05) is 67.3 Å². The van der Waals surface area contributed by atoms with E-state index in [2.05, 4.69) is 0 Å². The topological polar surface area (TPSA) is 75.8 Å². The summed E-state index contributed by atoms with van der Waals surface area (Å²) in [5.74, 6) is -0.117. The number of halogens is 1. The number of nitrogens with two attached hydrogens (primary N) is 1. The first-order valence-corrected chi connectivity index (χ1v) is 12.1. The summed E-state index contributed by atoms with van der Waals surface area (Å²) >= 11 is 6.59. The number of aliphatic hydroxyl groups is 1. The van der Waals surface area contributed by atoms with Crippen LogP contribution < -0.4 is 10.5 Å². The van der Waals surface area contributed by atoms with Crippen molar-refractivity contribution in [3.63, 3.8) is 0 Å². The smallest absolute Gasteiger partial charge is 0.233 e. The molecule has 172 valence electrons. The second-order valence-corrected chi connectivity index (χ2v) is 9.66. The monoisotopic (exact) mass is 456 g/mol. The lowest BCUT2D eigenvalue weighted by Gasteiger charge is -2.42. The van der Waals surface area contributed by atoms with E-state index >= 15 is 0 Å². The lowest BCUT2D eigenvalue weighted by atomic mass is 9.72. The molecule has 0 bridgehead atoms. The molecule has 1 amide bonds. The van der Waals surface area contributed by atoms with Gasteiger partial charge in [-0.3, -0.25) is 4.79 Å². The van der Waals surface area contributed by atoms with Gasteiger partial charge in [0.25, 0.3) is 0 Å². The van der Waals surface area contributed by atoms with Crippen molar-refractivity contribution in [1.82, 2.24) is 4.90 Å². The van der Waals surface area contributed by atoms with Crippen LogP contribution in [-0.4, -0.2) is 40.6 Å². The lowest BCUT2D eigenvalue weighted by Crippen LogP contribution is -2.52. The Morgan fingerprint density at radius 1 is 1.16 bits per heavy atom. The zero-order chi connectivity index (χ0) is 22.6. The van der Waals surface area contributed by atoms with Gasteiger partial charge in [0.05, 0.1) is 16.5 Å². The lowest BCUT2D eigenvalue weighted by molar-refractivity contribution is -0.142. The molecule has 1 saturated heterocycles. The Hall–Kier alpha value is -2.08. The zero-order valence-corrected chi connectivity index (χ0v) is 19.3. The van der Waals surface area contributed by atoms with Crippen LogP contribution in [0.5, 0.6) is 5.75 Å². The molecule has 32 heavy (non-hydrogen) atoms. The third-order valence-corrected chi connectivity index (χ3v) is 7.10. The number of hydrogen-bond donors (Lipinski definition) is 2. The van der Waals surface area contributed by atoms with Crippen molar-refractivity contribution >= 4 is 17.5 Å². The van der Waals surface area contributed by atoms with Gasteiger partial charge in [-0.2, -0.15) is 0 Å². The van der Waals surface area contributed by atoms with Crippen LogP contribution in [0.4, 0.5) is 0 Å². The van der Waals surface area contributed by atoms with Crippen molar-refractivity contribution in [3.05, 3.63) is 64.7 Å². The van der Waals surface area contributed by atoms with Gasteiger partial charge in [0, 0.05) is 19.1 Å². The van der Waals surface area contributed by atoms with Crippen molar-refractivity contribution in [3.8, 4) is 5.75 Å². The Bertz CT molecular complexity index is 915. The molecule has 2 aromatic rings. The molecule has 2 aromatic carbocycles. The van der Waals surface area contributed by atoms with Gasteiger partial charge < -0.3 is 20.5 Å². The van der Waals surface area contributed by atoms with E-state index < -0.39 is 11.5 Å². The second kappa shape index (κ2) is 10.2. The van der Waals surface area contributed by atoms with Crippen molar-refractivity contribution in [2.75, 3.05) is 13.1 Å². The van der Waals surface area contributed by atoms with Gasteiger partial charge in [-0.15, -0.1) is 0 Å². The number of benzene rings is 2. The van der Waals surface area contributed by atoms with E-state index in [0.717, 1.165) is 43.2 Å². The maximum atomic E-state index is 13.7. The summed E-state index contributed by atoms with van der Waals surface area (Å²) in [5.41, 5.74) is 6.88. The minimum Gasteiger partial charge on any atom is -0.487 e. The molecule has 2 aliphatic rings. The van der Waals surface area contributed by atoms with Gasteiger partial charge in [0.2, 0.25) is 5.91 Å². The minimum absolute atomic E-state index is 0.00769. The highest BCUT2D eigenvalue weighted by molar-refractivity contribution is 6.32. The van der Waals surface area contributed by atoms with Gasteiger partial charge in [0.1, 0.15) is 12.4 Å². The highest BCUT2D eigenvalue weighted by Gasteiger charge is 2.45. The van der Waals surface area contributed by atoms with Crippen molar-refractivity contribution in [2.24, 2.45) is 5.73 Å². The molecule has 1 saturated carbocycles. The first kappa shape index (κ1) is 23.1. The van der Waals surface area contributed by atoms with Gasteiger partial charge in [0.15, 0.2) is 0 Å². The Morgan fingerprint density at radius 3 is 2.59 bits per heavy atom. The fourth-order valence-corrected chi connectivity index (χ4v) is 5.32. The molecular formula is C26H33ClN2O3. The van der Waals surface area contributed by atoms with Crippen molar-refractivity contribution < 1.29 is 14.6 Å². The van der Waals surface area contributed by atoms with E-state index in [1.807, 2.05) is 47.4 Å². The summed E-state index contributed by atoms with van der Waals surface area (Å²) in [7, 11) is 0. The molecule has 2 fully saturated rings. The molecule has 1 heterocycles. The molecule has 0 radical (unpaired) electrons. The van der Waals surface area contributed by atoms with Gasteiger partial charge in [-0.05, 0) is 48.9 Å². The van der Waals surface area contributed by atoms with Crippen LogP contribution in [0.15, 0.2) is 48.5 Å². The molecule has 4 rings (SSSR count). The molecular weight excluding hydrogens is 424 g/mol. The summed E-state index contributed by atoms with van der Waals surface area (Å²) in [6, 6.07) is 15.4. The first-order chi connectivity index (χ1) is 15.5. The largest absolute Gasteiger partial charge is 0.487 e. The highest BCUT2D eigenvalue weighted by atomic mass is 35.5. The average molecular weight is 457 g/mol. The number of piperidine rings is 1. The number of rotatable bonds is 6. The number of amides is 1. The Labute approximate surface area is 195 Å². The third kappa shape index (κ3) is 5.28. The van der Waals surface area contributed by atoms with Crippen molar-refractivity contribution in [2.45, 2.75) is 69.1 Å². The molecule has 1 unspecified atom stereocenters. The number of hydrogen-bond acceptors (Lipinski definition) is 4. The molecule has 1 aliphatic heterocycles. The first-order valence-electron chi connectivity index (χ1n) is 11.7. The van der Waals surface area contributed by atoms with E-state index in [9.17, 15) is 9.90 Å². The predicted octanol–water partition coefficient (Wildman–Crippen LogP) is 4.65. The summed E-state index contributed by atoms with van der Waals surface area (Å²) in [6.07, 6.45) is 5.99. The van der Waals surface area contributed by atoms with E-state index in [0.29, 0.717) is 43.3 Å². The van der Waals surface area contributed by atoms with Gasteiger partial charge >= 0.3 is 0 Å². The van der Waals surface area contributed by atoms with E-state index in [4.69, 9.17) is 22.1 Å². The molecule has 5 nitrogen and oxygen atoms in total. The van der Waals surface area contributed by atoms with Gasteiger partial charge in [-0.25, -0.2) is 0 Å². The van der Waals surface area contributed by atoms with E-state index in [-0.39, 0.29) is 11.9 Å². The summed E-state index contributed by atoms with van der Waals surface area (Å²) < 4.78 is 5.91. The normalized spacial score (nSPS) is 21.7. The van der Waals surface area contributed by atoms with Crippen LogP contribution in [0.2, 0.25) is 5.02 Å². The second-order valence-electron chi connectivity index (χ2n) is 9.25. The fourth-order valence-electron chi connectivity index (χ4n) is 5.08. The molecule has 1 aliphatic carbocycles. The van der Waals surface area contributed by atoms with Crippen molar-refractivity contribution in [1.29, 1.82) is 0 Å². The quantitative estimate of drug-likeness (QED) is 0.663.